The van der Waals surface area contributed by atoms with Crippen LogP contribution in [0.3, 0.4) is 0 Å². The summed E-state index contributed by atoms with van der Waals surface area (Å²) in [6.45, 7) is 9.24. The van der Waals surface area contributed by atoms with Crippen molar-refractivity contribution in [3.63, 3.8) is 0 Å². The topological polar surface area (TPSA) is 21.3 Å². The number of benzene rings is 1. The highest BCUT2D eigenvalue weighted by atomic mass is 16.4. The third-order valence-corrected chi connectivity index (χ3v) is 2.46. The van der Waals surface area contributed by atoms with Gasteiger partial charge in [0.1, 0.15) is 0 Å². The SMILES string of the molecule is C.C=C(C)c1cccc(C(C)CNC)c1.COC. The van der Waals surface area contributed by atoms with Gasteiger partial charge in [0.15, 0.2) is 0 Å². The Balaban J connectivity index is 0. The summed E-state index contributed by atoms with van der Waals surface area (Å²) in [5, 5.41) is 3.19. The van der Waals surface area contributed by atoms with Crippen molar-refractivity contribution in [2.45, 2.75) is 27.2 Å². The van der Waals surface area contributed by atoms with Crippen molar-refractivity contribution in [3.8, 4) is 0 Å². The first-order chi connectivity index (χ1) is 8.06. The highest BCUT2D eigenvalue weighted by Gasteiger charge is 2.04. The lowest BCUT2D eigenvalue weighted by Crippen LogP contribution is -2.14. The van der Waals surface area contributed by atoms with Gasteiger partial charge in [-0.2, -0.15) is 0 Å². The Morgan fingerprint density at radius 2 is 1.94 bits per heavy atom. The number of hydrogen-bond donors (Lipinski definition) is 1. The summed E-state index contributed by atoms with van der Waals surface area (Å²) in [4.78, 5) is 0. The molecule has 0 aliphatic carbocycles. The van der Waals surface area contributed by atoms with Crippen molar-refractivity contribution in [1.29, 1.82) is 0 Å². The first kappa shape index (κ1) is 19.2. The summed E-state index contributed by atoms with van der Waals surface area (Å²) in [6.07, 6.45) is 0. The fraction of sp³-hybridized carbons (Fsp3) is 0.500. The molecule has 1 rings (SSSR count). The van der Waals surface area contributed by atoms with Gasteiger partial charge in [-0.15, -0.1) is 0 Å². The molecule has 0 aliphatic heterocycles. The third-order valence-electron chi connectivity index (χ3n) is 2.46. The molecule has 0 bridgehead atoms. The van der Waals surface area contributed by atoms with E-state index in [-0.39, 0.29) is 7.43 Å². The van der Waals surface area contributed by atoms with Crippen molar-refractivity contribution in [3.05, 3.63) is 42.0 Å². The minimum absolute atomic E-state index is 0. The highest BCUT2D eigenvalue weighted by Crippen LogP contribution is 2.19. The van der Waals surface area contributed by atoms with E-state index in [1.54, 1.807) is 14.2 Å². The molecule has 0 fully saturated rings. The smallest absolute Gasteiger partial charge is 0.0351 e. The number of rotatable bonds is 4. The average Bonchev–Trinajstić information content (AvgIpc) is 2.30. The molecule has 104 valence electrons. The molecule has 0 radical (unpaired) electrons. The van der Waals surface area contributed by atoms with Crippen LogP contribution in [-0.2, 0) is 4.74 Å². The number of ether oxygens (including phenoxy) is 1. The number of likely N-dealkylation sites (N-methyl/N-ethyl adjacent to an activating group) is 1. The predicted molar refractivity (Wildman–Crippen MR) is 83.2 cm³/mol. The van der Waals surface area contributed by atoms with Crippen LogP contribution in [0.4, 0.5) is 0 Å². The summed E-state index contributed by atoms with van der Waals surface area (Å²) < 4.78 is 4.25. The van der Waals surface area contributed by atoms with E-state index in [1.807, 2.05) is 14.0 Å². The molecule has 1 aromatic rings. The van der Waals surface area contributed by atoms with Gasteiger partial charge in [0, 0.05) is 20.8 Å². The second-order valence-electron chi connectivity index (χ2n) is 4.27. The van der Waals surface area contributed by atoms with Gasteiger partial charge in [0.2, 0.25) is 0 Å². The van der Waals surface area contributed by atoms with Crippen molar-refractivity contribution < 1.29 is 4.74 Å². The minimum atomic E-state index is 0. The summed E-state index contributed by atoms with van der Waals surface area (Å²) in [6, 6.07) is 8.61. The van der Waals surface area contributed by atoms with E-state index >= 15 is 0 Å². The molecule has 2 nitrogen and oxygen atoms in total. The van der Waals surface area contributed by atoms with Crippen LogP contribution in [0.5, 0.6) is 0 Å². The molecule has 1 N–H and O–H groups in total. The maximum atomic E-state index is 4.25. The second kappa shape index (κ2) is 11.0. The number of hydrogen-bond acceptors (Lipinski definition) is 2. The average molecular weight is 251 g/mol. The summed E-state index contributed by atoms with van der Waals surface area (Å²) in [5.74, 6) is 0.555. The van der Waals surface area contributed by atoms with Crippen molar-refractivity contribution in [1.82, 2.24) is 5.32 Å². The van der Waals surface area contributed by atoms with Crippen LogP contribution in [0.25, 0.3) is 5.57 Å². The maximum Gasteiger partial charge on any atom is 0.0351 e. The molecule has 2 heteroatoms. The minimum Gasteiger partial charge on any atom is -0.388 e. The zero-order valence-electron chi connectivity index (χ0n) is 11.7. The molecule has 0 saturated heterocycles. The predicted octanol–water partition coefficient (Wildman–Crippen LogP) is 3.94. The lowest BCUT2D eigenvalue weighted by atomic mass is 9.97. The standard InChI is InChI=1S/C13H19N.C2H6O.CH4/c1-10(2)12-6-5-7-13(8-12)11(3)9-14-4;1-3-2;/h5-8,11,14H,1,9H2,2-4H3;1-2H3;1H4. The molecule has 0 spiro atoms. The monoisotopic (exact) mass is 251 g/mol. The second-order valence-corrected chi connectivity index (χ2v) is 4.27. The molecule has 1 aromatic carbocycles. The molecular weight excluding hydrogens is 222 g/mol. The largest absolute Gasteiger partial charge is 0.388 e. The van der Waals surface area contributed by atoms with Gasteiger partial charge >= 0.3 is 0 Å². The van der Waals surface area contributed by atoms with Gasteiger partial charge in [-0.25, -0.2) is 0 Å². The lowest BCUT2D eigenvalue weighted by Gasteiger charge is -2.12. The van der Waals surface area contributed by atoms with Gasteiger partial charge in [0.25, 0.3) is 0 Å². The van der Waals surface area contributed by atoms with Crippen LogP contribution in [0, 0.1) is 0 Å². The van der Waals surface area contributed by atoms with E-state index in [0.29, 0.717) is 5.92 Å². The normalized spacial score (nSPS) is 10.7. The van der Waals surface area contributed by atoms with Crippen LogP contribution in [-0.4, -0.2) is 27.8 Å². The van der Waals surface area contributed by atoms with Crippen molar-refractivity contribution >= 4 is 5.57 Å². The fourth-order valence-corrected chi connectivity index (χ4v) is 1.53. The first-order valence-corrected chi connectivity index (χ1v) is 5.87. The van der Waals surface area contributed by atoms with Crippen LogP contribution < -0.4 is 5.32 Å². The summed E-state index contributed by atoms with van der Waals surface area (Å²) in [5.41, 5.74) is 3.74. The van der Waals surface area contributed by atoms with E-state index in [1.165, 1.54) is 11.1 Å². The molecule has 0 saturated carbocycles. The van der Waals surface area contributed by atoms with Gasteiger partial charge in [-0.3, -0.25) is 0 Å². The van der Waals surface area contributed by atoms with E-state index in [4.69, 9.17) is 0 Å². The van der Waals surface area contributed by atoms with E-state index in [2.05, 4.69) is 47.8 Å². The van der Waals surface area contributed by atoms with Gasteiger partial charge in [-0.05, 0) is 31.0 Å². The van der Waals surface area contributed by atoms with E-state index in [0.717, 1.165) is 12.1 Å². The molecule has 0 heterocycles. The molecule has 1 unspecified atom stereocenters. The molecule has 18 heavy (non-hydrogen) atoms. The Hall–Kier alpha value is -1.12. The highest BCUT2D eigenvalue weighted by molar-refractivity contribution is 5.61. The fourth-order valence-electron chi connectivity index (χ4n) is 1.53. The first-order valence-electron chi connectivity index (χ1n) is 5.87. The number of allylic oxidation sites excluding steroid dienone is 1. The Kier molecular flexibility index (Phi) is 11.7. The zero-order valence-corrected chi connectivity index (χ0v) is 11.7. The van der Waals surface area contributed by atoms with E-state index in [9.17, 15) is 0 Å². The Morgan fingerprint density at radius 1 is 1.39 bits per heavy atom. The third kappa shape index (κ3) is 7.25. The molecule has 0 aliphatic rings. The van der Waals surface area contributed by atoms with Crippen LogP contribution in [0.2, 0.25) is 0 Å². The zero-order chi connectivity index (χ0) is 13.3. The van der Waals surface area contributed by atoms with Gasteiger partial charge < -0.3 is 10.1 Å². The molecule has 1 atom stereocenters. The quantitative estimate of drug-likeness (QED) is 0.875. The molecular formula is C16H29NO. The summed E-state index contributed by atoms with van der Waals surface area (Å²) >= 11 is 0. The lowest BCUT2D eigenvalue weighted by molar-refractivity contribution is 0.277. The van der Waals surface area contributed by atoms with Crippen molar-refractivity contribution in [2.24, 2.45) is 0 Å². The van der Waals surface area contributed by atoms with Gasteiger partial charge in [0.05, 0.1) is 0 Å². The van der Waals surface area contributed by atoms with Crippen LogP contribution in [0.1, 0.15) is 38.3 Å². The molecule has 0 amide bonds. The molecule has 0 aromatic heterocycles. The van der Waals surface area contributed by atoms with Crippen LogP contribution in [0.15, 0.2) is 30.8 Å². The van der Waals surface area contributed by atoms with Gasteiger partial charge in [-0.1, -0.05) is 50.8 Å². The van der Waals surface area contributed by atoms with Crippen molar-refractivity contribution in [2.75, 3.05) is 27.8 Å². The Morgan fingerprint density at radius 3 is 2.39 bits per heavy atom. The van der Waals surface area contributed by atoms with Crippen LogP contribution >= 0.6 is 0 Å². The Bertz CT molecular complexity index is 334. The van der Waals surface area contributed by atoms with E-state index < -0.39 is 0 Å². The Labute approximate surface area is 113 Å². The number of methoxy groups -OCH3 is 1. The number of nitrogens with one attached hydrogen (secondary N) is 1. The maximum absolute atomic E-state index is 4.25. The summed E-state index contributed by atoms with van der Waals surface area (Å²) in [7, 11) is 5.24.